The normalized spacial score (nSPS) is 15.3. The van der Waals surface area contributed by atoms with E-state index in [9.17, 15) is 14.0 Å². The third kappa shape index (κ3) is 10.1. The predicted molar refractivity (Wildman–Crippen MR) is 159 cm³/mol. The number of H-pyrrole nitrogens is 1. The first-order valence-corrected chi connectivity index (χ1v) is 13.6. The van der Waals surface area contributed by atoms with Crippen molar-refractivity contribution in [3.63, 3.8) is 0 Å². The van der Waals surface area contributed by atoms with Crippen molar-refractivity contribution in [3.05, 3.63) is 96.3 Å². The zero-order valence-corrected chi connectivity index (χ0v) is 24.2. The highest BCUT2D eigenvalue weighted by Crippen LogP contribution is 2.30. The summed E-state index contributed by atoms with van der Waals surface area (Å²) in [7, 11) is 1.77. The fourth-order valence-electron chi connectivity index (χ4n) is 3.22. The van der Waals surface area contributed by atoms with Crippen LogP contribution in [0.5, 0.6) is 0 Å². The Morgan fingerprint density at radius 2 is 1.84 bits per heavy atom. The van der Waals surface area contributed by atoms with E-state index in [1.807, 2.05) is 46.1 Å². The van der Waals surface area contributed by atoms with Gasteiger partial charge < -0.3 is 15.2 Å². The number of allylic oxidation sites excluding steroid dienone is 7. The van der Waals surface area contributed by atoms with E-state index in [0.29, 0.717) is 22.4 Å². The third-order valence-corrected chi connectivity index (χ3v) is 5.91. The number of likely N-dealkylation sites (N-methyl/N-ethyl adjacent to an activating group) is 1. The van der Waals surface area contributed by atoms with Gasteiger partial charge in [0.1, 0.15) is 11.5 Å². The first kappa shape index (κ1) is 34.4. The van der Waals surface area contributed by atoms with Crippen LogP contribution in [-0.2, 0) is 4.79 Å². The van der Waals surface area contributed by atoms with E-state index in [4.69, 9.17) is 5.21 Å². The molecule has 0 bridgehead atoms. The molecule has 1 atom stereocenters. The SMILES string of the molecule is C=C/C=C(\SC)c1cc(/C(C)=C/C=C(/F)C=C)c(C(=O)NCC2C=CC(C(=O)NO)=CN2C)[nH]1.CC.CC. The summed E-state index contributed by atoms with van der Waals surface area (Å²) >= 11 is 1.51. The molecule has 0 radical (unpaired) electrons. The number of thioether (sulfide) groups is 1. The van der Waals surface area contributed by atoms with Gasteiger partial charge in [-0.15, -0.1) is 11.8 Å². The van der Waals surface area contributed by atoms with E-state index < -0.39 is 11.7 Å². The Bertz CT molecular complexity index is 1110. The van der Waals surface area contributed by atoms with E-state index in [1.165, 1.54) is 17.8 Å². The van der Waals surface area contributed by atoms with Gasteiger partial charge in [0.25, 0.3) is 11.8 Å². The molecular formula is C29H41FN4O3S. The van der Waals surface area contributed by atoms with Crippen molar-refractivity contribution in [2.24, 2.45) is 0 Å². The Kier molecular flexibility index (Phi) is 16.9. The number of hydroxylamine groups is 1. The summed E-state index contributed by atoms with van der Waals surface area (Å²) in [4.78, 5) is 30.6. The van der Waals surface area contributed by atoms with E-state index in [-0.39, 0.29) is 18.5 Å². The Labute approximate surface area is 230 Å². The largest absolute Gasteiger partial charge is 0.372 e. The van der Waals surface area contributed by atoms with Crippen LogP contribution in [0.2, 0.25) is 0 Å². The lowest BCUT2D eigenvalue weighted by atomic mass is 10.1. The number of nitrogens with zero attached hydrogens (tertiary/aromatic N) is 1. The lowest BCUT2D eigenvalue weighted by Crippen LogP contribution is -2.40. The topological polar surface area (TPSA) is 97.5 Å². The molecule has 208 valence electrons. The van der Waals surface area contributed by atoms with E-state index >= 15 is 0 Å². The number of aromatic amines is 1. The average molecular weight is 545 g/mol. The zero-order chi connectivity index (χ0) is 29.3. The quantitative estimate of drug-likeness (QED) is 0.155. The van der Waals surface area contributed by atoms with Gasteiger partial charge in [0.2, 0.25) is 0 Å². The molecule has 1 aliphatic heterocycles. The van der Waals surface area contributed by atoms with Crippen molar-refractivity contribution in [2.75, 3.05) is 19.8 Å². The smallest absolute Gasteiger partial charge is 0.276 e. The van der Waals surface area contributed by atoms with Crippen molar-refractivity contribution in [1.29, 1.82) is 0 Å². The molecule has 2 amide bonds. The summed E-state index contributed by atoms with van der Waals surface area (Å²) in [6, 6.07) is 1.65. The molecule has 0 aromatic carbocycles. The number of hydrogen-bond acceptors (Lipinski definition) is 5. The van der Waals surface area contributed by atoms with E-state index in [1.54, 1.807) is 54.9 Å². The average Bonchev–Trinajstić information content (AvgIpc) is 3.40. The Balaban J connectivity index is 0.00000326. The van der Waals surface area contributed by atoms with Crippen LogP contribution in [-0.4, -0.2) is 52.8 Å². The molecule has 2 heterocycles. The summed E-state index contributed by atoms with van der Waals surface area (Å²) in [5, 5.41) is 11.7. The van der Waals surface area contributed by atoms with Crippen LogP contribution < -0.4 is 10.8 Å². The number of halogens is 1. The second-order valence-corrected chi connectivity index (χ2v) is 8.22. The van der Waals surface area contributed by atoms with Gasteiger partial charge in [-0.2, -0.15) is 0 Å². The lowest BCUT2D eigenvalue weighted by molar-refractivity contribution is -0.125. The monoisotopic (exact) mass is 544 g/mol. The van der Waals surface area contributed by atoms with Crippen LogP contribution in [0.3, 0.4) is 0 Å². The molecule has 7 nitrogen and oxygen atoms in total. The maximum Gasteiger partial charge on any atom is 0.276 e. The fraction of sp³-hybridized carbons (Fsp3) is 0.310. The van der Waals surface area contributed by atoms with Crippen molar-refractivity contribution in [1.82, 2.24) is 20.7 Å². The highest BCUT2D eigenvalue weighted by Gasteiger charge is 2.21. The van der Waals surface area contributed by atoms with Crippen LogP contribution in [0, 0.1) is 0 Å². The summed E-state index contributed by atoms with van der Waals surface area (Å²) in [5.41, 5.74) is 4.31. The van der Waals surface area contributed by atoms with Crippen LogP contribution in [0.25, 0.3) is 10.5 Å². The molecule has 9 heteroatoms. The molecule has 1 aromatic rings. The van der Waals surface area contributed by atoms with Gasteiger partial charge in [-0.05, 0) is 49.1 Å². The minimum atomic E-state index is -0.615. The molecule has 1 unspecified atom stereocenters. The van der Waals surface area contributed by atoms with Gasteiger partial charge in [-0.25, -0.2) is 9.87 Å². The molecule has 0 saturated heterocycles. The first-order chi connectivity index (χ1) is 18.2. The van der Waals surface area contributed by atoms with Crippen LogP contribution in [0.4, 0.5) is 4.39 Å². The van der Waals surface area contributed by atoms with Crippen LogP contribution >= 0.6 is 11.8 Å². The Hall–Kier alpha value is -3.56. The molecule has 0 spiro atoms. The Morgan fingerprint density at radius 3 is 2.37 bits per heavy atom. The van der Waals surface area contributed by atoms with Crippen molar-refractivity contribution < 1.29 is 19.2 Å². The van der Waals surface area contributed by atoms with E-state index in [0.717, 1.165) is 16.7 Å². The molecule has 0 aliphatic carbocycles. The number of aromatic nitrogens is 1. The second kappa shape index (κ2) is 18.6. The highest BCUT2D eigenvalue weighted by atomic mass is 32.2. The maximum atomic E-state index is 13.6. The number of amides is 2. The van der Waals surface area contributed by atoms with Crippen LogP contribution in [0.1, 0.15) is 56.4 Å². The molecule has 1 aromatic heterocycles. The number of nitrogens with one attached hydrogen (secondary N) is 3. The number of carbonyl (C=O) groups excluding carboxylic acids is 2. The number of carbonyl (C=O) groups is 2. The fourth-order valence-corrected chi connectivity index (χ4v) is 3.78. The molecular weight excluding hydrogens is 503 g/mol. The molecule has 2 rings (SSSR count). The molecule has 0 fully saturated rings. The number of rotatable bonds is 10. The van der Waals surface area contributed by atoms with Crippen molar-refractivity contribution >= 4 is 34.1 Å². The van der Waals surface area contributed by atoms with Crippen molar-refractivity contribution in [2.45, 2.75) is 40.7 Å². The second-order valence-electron chi connectivity index (χ2n) is 7.38. The van der Waals surface area contributed by atoms with Crippen LogP contribution in [0.15, 0.2) is 79.4 Å². The summed E-state index contributed by atoms with van der Waals surface area (Å²) < 4.78 is 13.6. The van der Waals surface area contributed by atoms with Gasteiger partial charge in [0, 0.05) is 30.3 Å². The molecule has 38 heavy (non-hydrogen) atoms. The predicted octanol–water partition coefficient (Wildman–Crippen LogP) is 6.39. The molecule has 0 saturated carbocycles. The van der Waals surface area contributed by atoms with Gasteiger partial charge in [0.05, 0.1) is 17.3 Å². The number of hydrogen-bond donors (Lipinski definition) is 4. The first-order valence-electron chi connectivity index (χ1n) is 12.4. The van der Waals surface area contributed by atoms with Gasteiger partial charge in [0.15, 0.2) is 0 Å². The summed E-state index contributed by atoms with van der Waals surface area (Å²) in [5.74, 6) is -1.42. The summed E-state index contributed by atoms with van der Waals surface area (Å²) in [6.45, 7) is 17.2. The minimum absolute atomic E-state index is 0.194. The zero-order valence-electron chi connectivity index (χ0n) is 23.4. The van der Waals surface area contributed by atoms with Gasteiger partial charge in [-0.1, -0.05) is 59.1 Å². The molecule has 1 aliphatic rings. The molecule has 4 N–H and O–H groups in total. The third-order valence-electron chi connectivity index (χ3n) is 5.11. The highest BCUT2D eigenvalue weighted by molar-refractivity contribution is 8.07. The summed E-state index contributed by atoms with van der Waals surface area (Å²) in [6.07, 6.45) is 14.3. The van der Waals surface area contributed by atoms with Gasteiger partial charge in [-0.3, -0.25) is 14.8 Å². The van der Waals surface area contributed by atoms with Gasteiger partial charge >= 0.3 is 0 Å². The lowest BCUT2D eigenvalue weighted by Gasteiger charge is -2.28. The maximum absolute atomic E-state index is 13.6. The Morgan fingerprint density at radius 1 is 1.18 bits per heavy atom. The van der Waals surface area contributed by atoms with E-state index in [2.05, 4.69) is 23.5 Å². The standard InChI is InChI=1S/C25H29FN4O3S.2C2H6/c1-6-8-22(34-5)21-13-20(16(3)9-11-18(26)7-2)23(28-21)25(32)27-14-19-12-10-17(15-30(19)4)24(31)29-33;2*1-2/h6-13,15,19,28,33H,1-2,14H2,3-5H3,(H,27,32)(H,29,31);2*1-2H3/b16-9+,18-11+,22-8-;;. The van der Waals surface area contributed by atoms with Crippen molar-refractivity contribution in [3.8, 4) is 0 Å². The minimum Gasteiger partial charge on any atom is -0.372 e.